The van der Waals surface area contributed by atoms with Crippen LogP contribution in [0.5, 0.6) is 0 Å². The largest absolute Gasteiger partial charge is 0.356 e. The maximum Gasteiger partial charge on any atom is 0.132 e. The first kappa shape index (κ1) is 14.3. The van der Waals surface area contributed by atoms with Gasteiger partial charge in [-0.25, -0.2) is 9.97 Å². The molecule has 1 aliphatic rings. The fourth-order valence-corrected chi connectivity index (χ4v) is 2.82. The van der Waals surface area contributed by atoms with Crippen molar-refractivity contribution in [1.82, 2.24) is 15.3 Å². The summed E-state index contributed by atoms with van der Waals surface area (Å²) in [4.78, 5) is 11.5. The van der Waals surface area contributed by atoms with E-state index in [0.29, 0.717) is 12.0 Å². The normalized spacial score (nSPS) is 21.5. The second kappa shape index (κ2) is 6.33. The molecule has 19 heavy (non-hydrogen) atoms. The Hall–Kier alpha value is -1.16. The van der Waals surface area contributed by atoms with Crippen molar-refractivity contribution in [2.45, 2.75) is 46.1 Å². The Morgan fingerprint density at radius 1 is 1.47 bits per heavy atom. The molecule has 0 amide bonds. The Morgan fingerprint density at radius 3 is 2.95 bits per heavy atom. The van der Waals surface area contributed by atoms with E-state index in [-0.39, 0.29) is 0 Å². The average molecular weight is 262 g/mol. The van der Waals surface area contributed by atoms with E-state index in [1.54, 1.807) is 0 Å². The molecule has 4 heteroatoms. The van der Waals surface area contributed by atoms with Crippen LogP contribution in [0.4, 0.5) is 5.82 Å². The molecule has 1 fully saturated rings. The number of hydrogen-bond acceptors (Lipinski definition) is 4. The first-order valence-corrected chi connectivity index (χ1v) is 7.40. The van der Waals surface area contributed by atoms with Gasteiger partial charge in [0.15, 0.2) is 0 Å². The number of rotatable bonds is 4. The Morgan fingerprint density at radius 2 is 2.26 bits per heavy atom. The van der Waals surface area contributed by atoms with Crippen LogP contribution in [-0.4, -0.2) is 36.1 Å². The second-order valence-corrected chi connectivity index (χ2v) is 5.54. The van der Waals surface area contributed by atoms with E-state index in [2.05, 4.69) is 40.1 Å². The lowest BCUT2D eigenvalue weighted by molar-refractivity contribution is 0.332. The molecule has 1 aliphatic heterocycles. The molecule has 0 bridgehead atoms. The lowest BCUT2D eigenvalue weighted by Gasteiger charge is -2.36. The molecule has 0 aromatic carbocycles. The zero-order valence-electron chi connectivity index (χ0n) is 12.6. The van der Waals surface area contributed by atoms with Gasteiger partial charge in [-0.3, -0.25) is 0 Å². The number of hydrogen-bond donors (Lipinski definition) is 1. The van der Waals surface area contributed by atoms with Gasteiger partial charge in [0, 0.05) is 30.9 Å². The van der Waals surface area contributed by atoms with Crippen LogP contribution < -0.4 is 10.2 Å². The van der Waals surface area contributed by atoms with Gasteiger partial charge in [-0.15, -0.1) is 0 Å². The minimum atomic E-state index is 0.566. The molecule has 2 rings (SSSR count). The smallest absolute Gasteiger partial charge is 0.132 e. The molecule has 0 aliphatic carbocycles. The summed E-state index contributed by atoms with van der Waals surface area (Å²) in [6.07, 6.45) is 3.53. The molecule has 1 saturated heterocycles. The van der Waals surface area contributed by atoms with Crippen LogP contribution in [-0.2, 0) is 6.42 Å². The molecular weight excluding hydrogens is 236 g/mol. The molecule has 1 aromatic rings. The summed E-state index contributed by atoms with van der Waals surface area (Å²) in [5, 5.41) is 3.38. The summed E-state index contributed by atoms with van der Waals surface area (Å²) in [6, 6.07) is 2.72. The molecule has 1 N–H and O–H groups in total. The van der Waals surface area contributed by atoms with Gasteiger partial charge in [0.2, 0.25) is 0 Å². The number of nitrogens with zero attached hydrogens (tertiary/aromatic N) is 3. The molecule has 2 heterocycles. The van der Waals surface area contributed by atoms with Gasteiger partial charge in [-0.1, -0.05) is 6.92 Å². The Balaban J connectivity index is 2.14. The molecule has 0 spiro atoms. The van der Waals surface area contributed by atoms with Crippen molar-refractivity contribution in [3.63, 3.8) is 0 Å². The van der Waals surface area contributed by atoms with Gasteiger partial charge in [0.25, 0.3) is 0 Å². The molecule has 1 aromatic heterocycles. The third kappa shape index (κ3) is 3.44. The van der Waals surface area contributed by atoms with Crippen LogP contribution in [0.1, 0.15) is 38.2 Å². The van der Waals surface area contributed by atoms with Crippen molar-refractivity contribution in [2.75, 3.05) is 25.0 Å². The molecule has 4 nitrogen and oxygen atoms in total. The fraction of sp³-hybridized carbons (Fsp3) is 0.733. The van der Waals surface area contributed by atoms with Crippen molar-refractivity contribution < 1.29 is 0 Å². The SMILES string of the molecule is CCc1cc(N2CCCC(C(C)NC)C2)nc(C)n1. The van der Waals surface area contributed by atoms with E-state index in [0.717, 1.165) is 36.8 Å². The van der Waals surface area contributed by atoms with E-state index >= 15 is 0 Å². The summed E-state index contributed by atoms with van der Waals surface area (Å²) in [6.45, 7) is 8.62. The van der Waals surface area contributed by atoms with E-state index < -0.39 is 0 Å². The van der Waals surface area contributed by atoms with Crippen LogP contribution in [0.25, 0.3) is 0 Å². The highest BCUT2D eigenvalue weighted by atomic mass is 15.2. The van der Waals surface area contributed by atoms with Gasteiger partial charge >= 0.3 is 0 Å². The van der Waals surface area contributed by atoms with Crippen molar-refractivity contribution in [1.29, 1.82) is 0 Å². The standard InChI is InChI=1S/C15H26N4/c1-5-14-9-15(18-12(3)17-14)19-8-6-7-13(10-19)11(2)16-4/h9,11,13,16H,5-8,10H2,1-4H3. The van der Waals surface area contributed by atoms with E-state index in [9.17, 15) is 0 Å². The lowest BCUT2D eigenvalue weighted by Crippen LogP contribution is -2.44. The molecule has 106 valence electrons. The summed E-state index contributed by atoms with van der Waals surface area (Å²) >= 11 is 0. The number of nitrogens with one attached hydrogen (secondary N) is 1. The van der Waals surface area contributed by atoms with E-state index in [4.69, 9.17) is 0 Å². The lowest BCUT2D eigenvalue weighted by atomic mass is 9.91. The monoisotopic (exact) mass is 262 g/mol. The van der Waals surface area contributed by atoms with E-state index in [1.165, 1.54) is 12.8 Å². The van der Waals surface area contributed by atoms with Crippen molar-refractivity contribution >= 4 is 5.82 Å². The highest BCUT2D eigenvalue weighted by Crippen LogP contribution is 2.24. The van der Waals surface area contributed by atoms with Gasteiger partial charge in [-0.05, 0) is 46.1 Å². The first-order chi connectivity index (χ1) is 9.13. The number of aromatic nitrogens is 2. The van der Waals surface area contributed by atoms with Crippen molar-refractivity contribution in [3.05, 3.63) is 17.6 Å². The predicted octanol–water partition coefficient (Wildman–Crippen LogP) is 2.17. The summed E-state index contributed by atoms with van der Waals surface area (Å²) < 4.78 is 0. The van der Waals surface area contributed by atoms with Crippen molar-refractivity contribution in [3.8, 4) is 0 Å². The first-order valence-electron chi connectivity index (χ1n) is 7.40. The Bertz CT molecular complexity index is 419. The summed E-state index contributed by atoms with van der Waals surface area (Å²) in [5.41, 5.74) is 1.14. The van der Waals surface area contributed by atoms with Gasteiger partial charge in [-0.2, -0.15) is 0 Å². The predicted molar refractivity (Wildman–Crippen MR) is 79.6 cm³/mol. The third-order valence-electron chi connectivity index (χ3n) is 4.18. The van der Waals surface area contributed by atoms with Crippen LogP contribution in [0, 0.1) is 12.8 Å². The molecule has 0 saturated carbocycles. The fourth-order valence-electron chi connectivity index (χ4n) is 2.82. The molecule has 0 radical (unpaired) electrons. The minimum Gasteiger partial charge on any atom is -0.356 e. The average Bonchev–Trinajstić information content (AvgIpc) is 2.45. The summed E-state index contributed by atoms with van der Waals surface area (Å²) in [7, 11) is 2.05. The zero-order valence-corrected chi connectivity index (χ0v) is 12.6. The molecular formula is C15H26N4. The summed E-state index contributed by atoms with van der Waals surface area (Å²) in [5.74, 6) is 2.70. The Labute approximate surface area is 116 Å². The van der Waals surface area contributed by atoms with Crippen LogP contribution in [0.3, 0.4) is 0 Å². The zero-order chi connectivity index (χ0) is 13.8. The van der Waals surface area contributed by atoms with Gasteiger partial charge in [0.1, 0.15) is 11.6 Å². The van der Waals surface area contributed by atoms with E-state index in [1.807, 2.05) is 14.0 Å². The third-order valence-corrected chi connectivity index (χ3v) is 4.18. The van der Waals surface area contributed by atoms with Gasteiger partial charge < -0.3 is 10.2 Å². The Kier molecular flexibility index (Phi) is 4.75. The van der Waals surface area contributed by atoms with Crippen LogP contribution >= 0.6 is 0 Å². The maximum absolute atomic E-state index is 4.62. The topological polar surface area (TPSA) is 41.0 Å². The minimum absolute atomic E-state index is 0.566. The number of aryl methyl sites for hydroxylation is 2. The maximum atomic E-state index is 4.62. The molecule has 2 atom stereocenters. The number of piperidine rings is 1. The van der Waals surface area contributed by atoms with Crippen molar-refractivity contribution in [2.24, 2.45) is 5.92 Å². The van der Waals surface area contributed by atoms with Crippen LogP contribution in [0.2, 0.25) is 0 Å². The highest BCUT2D eigenvalue weighted by molar-refractivity contribution is 5.40. The van der Waals surface area contributed by atoms with Crippen LogP contribution in [0.15, 0.2) is 6.07 Å². The van der Waals surface area contributed by atoms with Gasteiger partial charge in [0.05, 0.1) is 0 Å². The second-order valence-electron chi connectivity index (χ2n) is 5.54. The molecule has 2 unspecified atom stereocenters. The highest BCUT2D eigenvalue weighted by Gasteiger charge is 2.24. The number of anilines is 1. The quantitative estimate of drug-likeness (QED) is 0.903.